The number of oxazole rings is 1. The molecule has 4 nitrogen and oxygen atoms in total. The molecule has 0 fully saturated rings. The molecule has 0 saturated carbocycles. The predicted octanol–water partition coefficient (Wildman–Crippen LogP) is 1.86. The monoisotopic (exact) mass is 189 g/mol. The molecule has 1 N–H and O–H groups in total. The lowest BCUT2D eigenvalue weighted by molar-refractivity contribution is 0.110. The van der Waals surface area contributed by atoms with Crippen molar-refractivity contribution in [1.82, 2.24) is 4.98 Å². The van der Waals surface area contributed by atoms with E-state index in [1.54, 1.807) is 18.2 Å². The summed E-state index contributed by atoms with van der Waals surface area (Å²) in [7, 11) is 0. The molecule has 0 unspecified atom stereocenters. The lowest BCUT2D eigenvalue weighted by Crippen LogP contribution is -1.77. The number of rotatable bonds is 2. The summed E-state index contributed by atoms with van der Waals surface area (Å²) in [6.45, 7) is 0. The van der Waals surface area contributed by atoms with Gasteiger partial charge in [0.25, 0.3) is 0 Å². The molecule has 0 bridgehead atoms. The zero-order valence-electron chi connectivity index (χ0n) is 7.18. The Kier molecular flexibility index (Phi) is 2.02. The molecule has 0 radical (unpaired) electrons. The van der Waals surface area contributed by atoms with Crippen molar-refractivity contribution >= 4 is 6.29 Å². The number of aromatic nitrogens is 1. The van der Waals surface area contributed by atoms with Crippen LogP contribution >= 0.6 is 0 Å². The van der Waals surface area contributed by atoms with Crippen molar-refractivity contribution in [2.24, 2.45) is 0 Å². The maximum absolute atomic E-state index is 10.3. The second-order valence-electron chi connectivity index (χ2n) is 2.70. The second kappa shape index (κ2) is 3.33. The Labute approximate surface area is 79.8 Å². The molecule has 4 heteroatoms. The first-order valence-electron chi connectivity index (χ1n) is 4.00. The summed E-state index contributed by atoms with van der Waals surface area (Å²) in [5.41, 5.74) is 0.473. The van der Waals surface area contributed by atoms with Gasteiger partial charge in [-0.3, -0.25) is 4.79 Å². The Hall–Kier alpha value is -2.10. The number of carbonyl (C=O) groups excluding carboxylic acids is 1. The minimum atomic E-state index is 0.0757. The second-order valence-corrected chi connectivity index (χ2v) is 2.70. The molecule has 0 aliphatic rings. The number of nitrogens with zero attached hydrogens (tertiary/aromatic N) is 1. The maximum atomic E-state index is 10.3. The number of hydrogen-bond donors (Lipinski definition) is 1. The smallest absolute Gasteiger partial charge is 0.230 e. The van der Waals surface area contributed by atoms with Crippen molar-refractivity contribution in [3.63, 3.8) is 0 Å². The van der Waals surface area contributed by atoms with Crippen LogP contribution < -0.4 is 0 Å². The summed E-state index contributed by atoms with van der Waals surface area (Å²) in [6.07, 6.45) is 1.88. The molecule has 0 spiro atoms. The number of phenolic OH excluding ortho intramolecular Hbond substituents is 1. The van der Waals surface area contributed by atoms with Gasteiger partial charge < -0.3 is 9.52 Å². The summed E-state index contributed by atoms with van der Waals surface area (Å²) in [5.74, 6) is 0.459. The fourth-order valence-electron chi connectivity index (χ4n) is 1.12. The van der Waals surface area contributed by atoms with Gasteiger partial charge >= 0.3 is 0 Å². The van der Waals surface area contributed by atoms with Crippen LogP contribution in [0.3, 0.4) is 0 Å². The zero-order chi connectivity index (χ0) is 9.97. The molecular weight excluding hydrogens is 182 g/mol. The summed E-state index contributed by atoms with van der Waals surface area (Å²) in [6, 6.07) is 6.64. The Morgan fingerprint density at radius 1 is 1.36 bits per heavy atom. The quantitative estimate of drug-likeness (QED) is 0.732. The van der Waals surface area contributed by atoms with E-state index in [0.29, 0.717) is 11.8 Å². The SMILES string of the molecule is O=Cc1cnc(-c2ccccc2O)o1. The van der Waals surface area contributed by atoms with Crippen LogP contribution in [0.4, 0.5) is 0 Å². The average Bonchev–Trinajstić information content (AvgIpc) is 2.67. The molecule has 0 aliphatic heterocycles. The molecule has 0 amide bonds. The summed E-state index contributed by atoms with van der Waals surface area (Å²) < 4.78 is 5.06. The number of aldehydes is 1. The Balaban J connectivity index is 2.49. The van der Waals surface area contributed by atoms with Gasteiger partial charge in [-0.25, -0.2) is 4.98 Å². The summed E-state index contributed by atoms with van der Waals surface area (Å²) in [4.78, 5) is 14.2. The summed E-state index contributed by atoms with van der Waals surface area (Å²) in [5, 5.41) is 9.46. The normalized spacial score (nSPS) is 10.0. The van der Waals surface area contributed by atoms with E-state index in [1.807, 2.05) is 0 Å². The molecule has 70 valence electrons. The molecule has 1 aromatic heterocycles. The maximum Gasteiger partial charge on any atom is 0.230 e. The highest BCUT2D eigenvalue weighted by Gasteiger charge is 2.09. The topological polar surface area (TPSA) is 63.3 Å². The number of carbonyl (C=O) groups is 1. The number of aromatic hydroxyl groups is 1. The van der Waals surface area contributed by atoms with Crippen LogP contribution in [-0.2, 0) is 0 Å². The Bertz CT molecular complexity index is 462. The van der Waals surface area contributed by atoms with E-state index in [4.69, 9.17) is 4.42 Å². The summed E-state index contributed by atoms with van der Waals surface area (Å²) >= 11 is 0. The number of benzene rings is 1. The van der Waals surface area contributed by atoms with Crippen LogP contribution in [-0.4, -0.2) is 16.4 Å². The van der Waals surface area contributed by atoms with Crippen LogP contribution in [0.1, 0.15) is 10.6 Å². The fraction of sp³-hybridized carbons (Fsp3) is 0. The van der Waals surface area contributed by atoms with Crippen LogP contribution in [0.15, 0.2) is 34.9 Å². The first-order valence-corrected chi connectivity index (χ1v) is 4.00. The highest BCUT2D eigenvalue weighted by Crippen LogP contribution is 2.27. The van der Waals surface area contributed by atoms with Gasteiger partial charge in [-0.05, 0) is 12.1 Å². The molecular formula is C10H7NO3. The van der Waals surface area contributed by atoms with E-state index in [2.05, 4.69) is 4.98 Å². The number of hydrogen-bond acceptors (Lipinski definition) is 4. The predicted molar refractivity (Wildman–Crippen MR) is 49.0 cm³/mol. The van der Waals surface area contributed by atoms with Crippen molar-refractivity contribution in [3.8, 4) is 17.2 Å². The fourth-order valence-corrected chi connectivity index (χ4v) is 1.12. The third-order valence-electron chi connectivity index (χ3n) is 1.77. The van der Waals surface area contributed by atoms with Crippen molar-refractivity contribution < 1.29 is 14.3 Å². The van der Waals surface area contributed by atoms with Gasteiger partial charge in [0.05, 0.1) is 11.8 Å². The Morgan fingerprint density at radius 2 is 2.14 bits per heavy atom. The van der Waals surface area contributed by atoms with Crippen molar-refractivity contribution in [2.75, 3.05) is 0 Å². The first-order chi connectivity index (χ1) is 6.81. The van der Waals surface area contributed by atoms with E-state index in [0.717, 1.165) is 0 Å². The molecule has 1 aromatic carbocycles. The van der Waals surface area contributed by atoms with Gasteiger partial charge in [-0.1, -0.05) is 12.1 Å². The standard InChI is InChI=1S/C10H7NO3/c12-6-7-5-11-10(14-7)8-3-1-2-4-9(8)13/h1-6,13H. The van der Waals surface area contributed by atoms with Crippen LogP contribution in [0.5, 0.6) is 5.75 Å². The van der Waals surface area contributed by atoms with Gasteiger partial charge in [0.15, 0.2) is 12.0 Å². The molecule has 0 saturated heterocycles. The third-order valence-corrected chi connectivity index (χ3v) is 1.77. The van der Waals surface area contributed by atoms with E-state index in [9.17, 15) is 9.90 Å². The molecule has 0 atom stereocenters. The van der Waals surface area contributed by atoms with Crippen molar-refractivity contribution in [1.29, 1.82) is 0 Å². The minimum absolute atomic E-state index is 0.0757. The van der Waals surface area contributed by atoms with E-state index in [1.165, 1.54) is 12.3 Å². The van der Waals surface area contributed by atoms with E-state index >= 15 is 0 Å². The highest BCUT2D eigenvalue weighted by atomic mass is 16.4. The average molecular weight is 189 g/mol. The van der Waals surface area contributed by atoms with Gasteiger partial charge in [0, 0.05) is 0 Å². The van der Waals surface area contributed by atoms with Crippen LogP contribution in [0.2, 0.25) is 0 Å². The molecule has 14 heavy (non-hydrogen) atoms. The van der Waals surface area contributed by atoms with Gasteiger partial charge in [-0.15, -0.1) is 0 Å². The lowest BCUT2D eigenvalue weighted by atomic mass is 10.2. The third kappa shape index (κ3) is 1.37. The highest BCUT2D eigenvalue weighted by molar-refractivity contribution is 5.71. The number of para-hydroxylation sites is 1. The zero-order valence-corrected chi connectivity index (χ0v) is 7.18. The molecule has 1 heterocycles. The molecule has 0 aliphatic carbocycles. The minimum Gasteiger partial charge on any atom is -0.507 e. The van der Waals surface area contributed by atoms with E-state index in [-0.39, 0.29) is 17.4 Å². The first kappa shape index (κ1) is 8.50. The Morgan fingerprint density at radius 3 is 2.79 bits per heavy atom. The molecule has 2 aromatic rings. The van der Waals surface area contributed by atoms with Crippen molar-refractivity contribution in [3.05, 3.63) is 36.2 Å². The van der Waals surface area contributed by atoms with Gasteiger partial charge in [0.1, 0.15) is 5.75 Å². The van der Waals surface area contributed by atoms with Gasteiger partial charge in [0.2, 0.25) is 5.89 Å². The van der Waals surface area contributed by atoms with Crippen LogP contribution in [0.25, 0.3) is 11.5 Å². The van der Waals surface area contributed by atoms with Crippen molar-refractivity contribution in [2.45, 2.75) is 0 Å². The number of phenols is 1. The lowest BCUT2D eigenvalue weighted by Gasteiger charge is -1.97. The van der Waals surface area contributed by atoms with Gasteiger partial charge in [-0.2, -0.15) is 0 Å². The molecule has 2 rings (SSSR count). The van der Waals surface area contributed by atoms with E-state index < -0.39 is 0 Å². The largest absolute Gasteiger partial charge is 0.507 e. The van der Waals surface area contributed by atoms with Crippen LogP contribution in [0, 0.1) is 0 Å².